The molecule has 4 heteroatoms. The number of aryl methyl sites for hydroxylation is 1. The fourth-order valence-corrected chi connectivity index (χ4v) is 2.82. The van der Waals surface area contributed by atoms with Crippen molar-refractivity contribution in [1.82, 2.24) is 14.9 Å². The molecule has 0 aromatic carbocycles. The van der Waals surface area contributed by atoms with Crippen LogP contribution < -0.4 is 5.73 Å². The van der Waals surface area contributed by atoms with Crippen LogP contribution in [-0.2, 0) is 0 Å². The highest BCUT2D eigenvalue weighted by atomic mass is 15.2. The lowest BCUT2D eigenvalue weighted by Gasteiger charge is -2.40. The summed E-state index contributed by atoms with van der Waals surface area (Å²) >= 11 is 0. The lowest BCUT2D eigenvalue weighted by molar-refractivity contribution is 0.111. The molecule has 1 aliphatic rings. The van der Waals surface area contributed by atoms with Crippen LogP contribution in [0.2, 0.25) is 0 Å². The van der Waals surface area contributed by atoms with Gasteiger partial charge in [-0.1, -0.05) is 13.8 Å². The van der Waals surface area contributed by atoms with Gasteiger partial charge in [0, 0.05) is 18.8 Å². The highest BCUT2D eigenvalue weighted by Gasteiger charge is 2.31. The van der Waals surface area contributed by atoms with E-state index in [0.29, 0.717) is 5.92 Å². The van der Waals surface area contributed by atoms with E-state index in [1.807, 2.05) is 19.2 Å². The van der Waals surface area contributed by atoms with E-state index in [1.54, 1.807) is 0 Å². The summed E-state index contributed by atoms with van der Waals surface area (Å²) in [7, 11) is 0. The Morgan fingerprint density at radius 3 is 2.94 bits per heavy atom. The average molecular weight is 248 g/mol. The topological polar surface area (TPSA) is 55.0 Å². The zero-order chi connectivity index (χ0) is 13.1. The predicted molar refractivity (Wildman–Crippen MR) is 73.1 cm³/mol. The Morgan fingerprint density at radius 2 is 2.28 bits per heavy atom. The van der Waals surface area contributed by atoms with Gasteiger partial charge in [0.05, 0.1) is 11.7 Å². The lowest BCUT2D eigenvalue weighted by Crippen LogP contribution is -2.47. The van der Waals surface area contributed by atoms with Gasteiger partial charge in [0.25, 0.3) is 0 Å². The second-order valence-electron chi connectivity index (χ2n) is 5.67. The number of aromatic nitrogens is 2. The predicted octanol–water partition coefficient (Wildman–Crippen LogP) is 1.91. The number of likely N-dealkylation sites (tertiary alicyclic amines) is 1. The molecule has 100 valence electrons. The third-order valence-corrected chi connectivity index (χ3v) is 3.48. The molecule has 4 nitrogen and oxygen atoms in total. The molecule has 0 amide bonds. The van der Waals surface area contributed by atoms with Crippen LogP contribution in [0.5, 0.6) is 0 Å². The second-order valence-corrected chi connectivity index (χ2v) is 5.67. The first-order valence-corrected chi connectivity index (χ1v) is 6.87. The number of hydrogen-bond donors (Lipinski definition) is 1. The van der Waals surface area contributed by atoms with E-state index in [1.165, 1.54) is 6.42 Å². The second kappa shape index (κ2) is 5.76. The Morgan fingerprint density at radius 1 is 1.50 bits per heavy atom. The van der Waals surface area contributed by atoms with Crippen molar-refractivity contribution in [3.05, 3.63) is 23.8 Å². The normalized spacial score (nSPS) is 25.6. The van der Waals surface area contributed by atoms with Gasteiger partial charge >= 0.3 is 0 Å². The molecule has 1 aromatic rings. The van der Waals surface area contributed by atoms with Gasteiger partial charge in [-0.3, -0.25) is 4.90 Å². The summed E-state index contributed by atoms with van der Waals surface area (Å²) in [6.07, 6.45) is 4.11. The summed E-state index contributed by atoms with van der Waals surface area (Å²) in [6, 6.07) is 2.45. The summed E-state index contributed by atoms with van der Waals surface area (Å²) in [5, 5.41) is 0. The van der Waals surface area contributed by atoms with Crippen LogP contribution >= 0.6 is 0 Å². The molecule has 0 spiro atoms. The SMILES string of the molecule is Cc1nccc(C2C(N)CCCN2CC(C)C)n1. The quantitative estimate of drug-likeness (QED) is 0.887. The van der Waals surface area contributed by atoms with Crippen molar-refractivity contribution in [2.45, 2.75) is 45.7 Å². The van der Waals surface area contributed by atoms with Crippen LogP contribution in [0.25, 0.3) is 0 Å². The van der Waals surface area contributed by atoms with E-state index in [4.69, 9.17) is 5.73 Å². The van der Waals surface area contributed by atoms with Crippen molar-refractivity contribution < 1.29 is 0 Å². The molecular weight excluding hydrogens is 224 g/mol. The molecule has 0 bridgehead atoms. The van der Waals surface area contributed by atoms with E-state index in [-0.39, 0.29) is 12.1 Å². The third kappa shape index (κ3) is 3.06. The van der Waals surface area contributed by atoms with Crippen LogP contribution in [0.4, 0.5) is 0 Å². The fourth-order valence-electron chi connectivity index (χ4n) is 2.82. The van der Waals surface area contributed by atoms with Crippen molar-refractivity contribution in [3.8, 4) is 0 Å². The Balaban J connectivity index is 2.24. The fraction of sp³-hybridized carbons (Fsp3) is 0.714. The summed E-state index contributed by atoms with van der Waals surface area (Å²) in [6.45, 7) is 8.65. The van der Waals surface area contributed by atoms with Gasteiger partial charge in [-0.25, -0.2) is 9.97 Å². The van der Waals surface area contributed by atoms with Crippen LogP contribution in [0, 0.1) is 12.8 Å². The molecule has 1 aromatic heterocycles. The number of hydrogen-bond acceptors (Lipinski definition) is 4. The monoisotopic (exact) mass is 248 g/mol. The molecule has 2 heterocycles. The minimum Gasteiger partial charge on any atom is -0.326 e. The zero-order valence-corrected chi connectivity index (χ0v) is 11.6. The molecule has 18 heavy (non-hydrogen) atoms. The molecule has 2 atom stereocenters. The number of rotatable bonds is 3. The molecule has 2 rings (SSSR count). The van der Waals surface area contributed by atoms with E-state index in [2.05, 4.69) is 28.7 Å². The molecule has 2 unspecified atom stereocenters. The van der Waals surface area contributed by atoms with Gasteiger partial charge in [-0.05, 0) is 38.3 Å². The Kier molecular flexibility index (Phi) is 4.30. The van der Waals surface area contributed by atoms with E-state index in [0.717, 1.165) is 31.0 Å². The summed E-state index contributed by atoms with van der Waals surface area (Å²) in [5.74, 6) is 1.48. The molecule has 1 aliphatic heterocycles. The number of nitrogens with two attached hydrogens (primary N) is 1. The third-order valence-electron chi connectivity index (χ3n) is 3.48. The maximum absolute atomic E-state index is 6.33. The highest BCUT2D eigenvalue weighted by Crippen LogP contribution is 2.29. The molecule has 1 saturated heterocycles. The zero-order valence-electron chi connectivity index (χ0n) is 11.6. The Labute approximate surface area is 110 Å². The van der Waals surface area contributed by atoms with Crippen molar-refractivity contribution in [2.24, 2.45) is 11.7 Å². The standard InChI is InChI=1S/C14H24N4/c1-10(2)9-18-8-4-5-12(15)14(18)13-6-7-16-11(3)17-13/h6-7,10,12,14H,4-5,8-9,15H2,1-3H3. The smallest absolute Gasteiger partial charge is 0.125 e. The molecule has 1 fully saturated rings. The van der Waals surface area contributed by atoms with E-state index in [9.17, 15) is 0 Å². The number of piperidine rings is 1. The van der Waals surface area contributed by atoms with E-state index >= 15 is 0 Å². The summed E-state index contributed by atoms with van der Waals surface area (Å²) in [5.41, 5.74) is 7.40. The number of nitrogens with zero attached hydrogens (tertiary/aromatic N) is 3. The Bertz CT molecular complexity index is 391. The minimum atomic E-state index is 0.187. The molecule has 0 saturated carbocycles. The van der Waals surface area contributed by atoms with Crippen molar-refractivity contribution in [3.63, 3.8) is 0 Å². The van der Waals surface area contributed by atoms with Crippen LogP contribution in [0.15, 0.2) is 12.3 Å². The first-order chi connectivity index (χ1) is 8.58. The summed E-state index contributed by atoms with van der Waals surface area (Å²) < 4.78 is 0. The van der Waals surface area contributed by atoms with Crippen molar-refractivity contribution >= 4 is 0 Å². The Hall–Kier alpha value is -1.00. The first-order valence-electron chi connectivity index (χ1n) is 6.87. The van der Waals surface area contributed by atoms with Gasteiger partial charge in [0.1, 0.15) is 5.82 Å². The minimum absolute atomic E-state index is 0.187. The van der Waals surface area contributed by atoms with E-state index < -0.39 is 0 Å². The van der Waals surface area contributed by atoms with Gasteiger partial charge in [0.15, 0.2) is 0 Å². The van der Waals surface area contributed by atoms with Crippen molar-refractivity contribution in [1.29, 1.82) is 0 Å². The van der Waals surface area contributed by atoms with Crippen LogP contribution in [-0.4, -0.2) is 34.0 Å². The molecular formula is C14H24N4. The van der Waals surface area contributed by atoms with Gasteiger partial charge in [-0.2, -0.15) is 0 Å². The summed E-state index contributed by atoms with van der Waals surface area (Å²) in [4.78, 5) is 11.2. The highest BCUT2D eigenvalue weighted by molar-refractivity contribution is 5.11. The molecule has 2 N–H and O–H groups in total. The molecule has 0 radical (unpaired) electrons. The first kappa shape index (κ1) is 13.4. The molecule has 0 aliphatic carbocycles. The largest absolute Gasteiger partial charge is 0.326 e. The van der Waals surface area contributed by atoms with Gasteiger partial charge in [-0.15, -0.1) is 0 Å². The van der Waals surface area contributed by atoms with Crippen LogP contribution in [0.1, 0.15) is 44.2 Å². The maximum atomic E-state index is 6.33. The maximum Gasteiger partial charge on any atom is 0.125 e. The van der Waals surface area contributed by atoms with Crippen molar-refractivity contribution in [2.75, 3.05) is 13.1 Å². The van der Waals surface area contributed by atoms with Gasteiger partial charge < -0.3 is 5.73 Å². The van der Waals surface area contributed by atoms with Crippen LogP contribution in [0.3, 0.4) is 0 Å². The lowest BCUT2D eigenvalue weighted by atomic mass is 9.93. The van der Waals surface area contributed by atoms with Gasteiger partial charge in [0.2, 0.25) is 0 Å². The average Bonchev–Trinajstić information content (AvgIpc) is 2.28.